The van der Waals surface area contributed by atoms with Gasteiger partial charge >= 0.3 is 0 Å². The van der Waals surface area contributed by atoms with Crippen LogP contribution < -0.4 is 4.90 Å². The summed E-state index contributed by atoms with van der Waals surface area (Å²) in [6.07, 6.45) is 4.60. The molecule has 134 valence electrons. The zero-order valence-electron chi connectivity index (χ0n) is 14.6. The number of aromatic nitrogens is 4. The first-order valence-corrected chi connectivity index (χ1v) is 9.12. The highest BCUT2D eigenvalue weighted by molar-refractivity contribution is 5.39. The summed E-state index contributed by atoms with van der Waals surface area (Å²) in [5, 5.41) is 23.4. The van der Waals surface area contributed by atoms with Crippen molar-refractivity contribution in [2.24, 2.45) is 0 Å². The van der Waals surface area contributed by atoms with E-state index in [-0.39, 0.29) is 6.61 Å². The molecule has 1 atom stereocenters. The fourth-order valence-corrected chi connectivity index (χ4v) is 3.82. The van der Waals surface area contributed by atoms with Gasteiger partial charge in [0.1, 0.15) is 6.10 Å². The Morgan fingerprint density at radius 2 is 2.00 bits per heavy atom. The molecule has 2 aromatic rings. The molecule has 3 heterocycles. The van der Waals surface area contributed by atoms with Crippen molar-refractivity contribution >= 4 is 5.95 Å². The third-order valence-electron chi connectivity index (χ3n) is 5.21. The Kier molecular flexibility index (Phi) is 4.43. The Bertz CT molecular complexity index is 773. The molecule has 7 heteroatoms. The average Bonchev–Trinajstić information content (AvgIpc) is 2.92. The molecule has 2 aliphatic rings. The highest BCUT2D eigenvalue weighted by Crippen LogP contribution is 2.26. The molecule has 4 rings (SSSR count). The zero-order chi connectivity index (χ0) is 17.4. The van der Waals surface area contributed by atoms with Crippen LogP contribution in [0.3, 0.4) is 0 Å². The molecule has 2 aromatic heterocycles. The summed E-state index contributed by atoms with van der Waals surface area (Å²) in [4.78, 5) is 11.9. The zero-order valence-corrected chi connectivity index (χ0v) is 14.6. The number of hydrogen-bond donors (Lipinski definition) is 2. The van der Waals surface area contributed by atoms with E-state index in [1.165, 1.54) is 24.1 Å². The van der Waals surface area contributed by atoms with E-state index in [0.29, 0.717) is 12.2 Å². The molecule has 25 heavy (non-hydrogen) atoms. The lowest BCUT2D eigenvalue weighted by Gasteiger charge is -2.24. The first-order valence-electron chi connectivity index (χ1n) is 9.12. The third-order valence-corrected chi connectivity index (χ3v) is 5.21. The van der Waals surface area contributed by atoms with E-state index in [9.17, 15) is 5.11 Å². The summed E-state index contributed by atoms with van der Waals surface area (Å²) in [6.45, 7) is 4.14. The van der Waals surface area contributed by atoms with Crippen LogP contribution in [0.25, 0.3) is 0 Å². The molecule has 0 fully saturated rings. The van der Waals surface area contributed by atoms with Gasteiger partial charge in [0, 0.05) is 24.5 Å². The second-order valence-electron chi connectivity index (χ2n) is 7.00. The van der Waals surface area contributed by atoms with Crippen LogP contribution in [0.2, 0.25) is 0 Å². The number of rotatable bonds is 3. The molecule has 0 spiro atoms. The van der Waals surface area contributed by atoms with Gasteiger partial charge in [0.25, 0.3) is 0 Å². The lowest BCUT2D eigenvalue weighted by molar-refractivity contribution is 0.0916. The maximum atomic E-state index is 9.84. The Balaban J connectivity index is 1.63. The largest absolute Gasteiger partial charge is 0.393 e. The van der Waals surface area contributed by atoms with Crippen LogP contribution in [0.4, 0.5) is 5.95 Å². The number of nitrogens with zero attached hydrogens (tertiary/aromatic N) is 5. The molecular formula is C18H25N5O2. The predicted molar refractivity (Wildman–Crippen MR) is 93.4 cm³/mol. The van der Waals surface area contributed by atoms with Gasteiger partial charge in [-0.3, -0.25) is 4.68 Å². The Morgan fingerprint density at radius 3 is 2.84 bits per heavy atom. The van der Waals surface area contributed by atoms with Crippen molar-refractivity contribution in [3.63, 3.8) is 0 Å². The topological polar surface area (TPSA) is 87.3 Å². The smallest absolute Gasteiger partial charge is 0.226 e. The van der Waals surface area contributed by atoms with E-state index in [1.54, 1.807) is 0 Å². The lowest BCUT2D eigenvalue weighted by Crippen LogP contribution is -2.26. The molecule has 0 saturated carbocycles. The first kappa shape index (κ1) is 16.5. The average molecular weight is 343 g/mol. The molecule has 0 aromatic carbocycles. The molecule has 0 saturated heterocycles. The number of fused-ring (bicyclic) bond motifs is 2. The van der Waals surface area contributed by atoms with Crippen molar-refractivity contribution in [1.82, 2.24) is 19.7 Å². The molecule has 0 unspecified atom stereocenters. The van der Waals surface area contributed by atoms with Gasteiger partial charge in [0.05, 0.1) is 24.5 Å². The fourth-order valence-electron chi connectivity index (χ4n) is 3.82. The van der Waals surface area contributed by atoms with E-state index in [4.69, 9.17) is 15.1 Å². The summed E-state index contributed by atoms with van der Waals surface area (Å²) in [5.74, 6) is 0.803. The van der Waals surface area contributed by atoms with Crippen LogP contribution in [-0.4, -0.2) is 43.1 Å². The van der Waals surface area contributed by atoms with E-state index in [2.05, 4.69) is 16.9 Å². The number of aliphatic hydroxyl groups excluding tert-OH is 2. The summed E-state index contributed by atoms with van der Waals surface area (Å²) in [6, 6.07) is 1.88. The fraction of sp³-hybridized carbons (Fsp3) is 0.611. The van der Waals surface area contributed by atoms with Crippen molar-refractivity contribution in [2.75, 3.05) is 18.1 Å². The molecule has 0 radical (unpaired) electrons. The second-order valence-corrected chi connectivity index (χ2v) is 7.00. The van der Waals surface area contributed by atoms with Crippen LogP contribution >= 0.6 is 0 Å². The minimum absolute atomic E-state index is 0.312. The van der Waals surface area contributed by atoms with Gasteiger partial charge in [0.2, 0.25) is 5.95 Å². The van der Waals surface area contributed by atoms with Gasteiger partial charge in [-0.05, 0) is 50.7 Å². The van der Waals surface area contributed by atoms with Gasteiger partial charge < -0.3 is 15.1 Å². The second kappa shape index (κ2) is 6.72. The molecule has 1 aliphatic heterocycles. The highest BCUT2D eigenvalue weighted by atomic mass is 16.3. The SMILES string of the molecule is Cc1nc(N2CCCn3nc([C@@H](O)CO)cc3C2)nc2c1CCCC2. The molecular weight excluding hydrogens is 318 g/mol. The molecule has 7 nitrogen and oxygen atoms in total. The number of anilines is 1. The maximum Gasteiger partial charge on any atom is 0.226 e. The lowest BCUT2D eigenvalue weighted by atomic mass is 9.95. The standard InChI is InChI=1S/C18H25N5O2/c1-12-14-5-2-3-6-15(14)20-18(19-12)22-7-4-8-23-13(10-22)9-16(21-23)17(25)11-24/h9,17,24-25H,2-8,10-11H2,1H3/t17-/m0/s1. The Labute approximate surface area is 147 Å². The molecule has 1 aliphatic carbocycles. The normalized spacial score (nSPS) is 18.4. The van der Waals surface area contributed by atoms with E-state index >= 15 is 0 Å². The van der Waals surface area contributed by atoms with Crippen molar-refractivity contribution < 1.29 is 10.2 Å². The van der Waals surface area contributed by atoms with Crippen molar-refractivity contribution in [3.8, 4) is 0 Å². The van der Waals surface area contributed by atoms with Crippen molar-refractivity contribution in [1.29, 1.82) is 0 Å². The number of aliphatic hydroxyl groups is 2. The van der Waals surface area contributed by atoms with Gasteiger partial charge in [0.15, 0.2) is 0 Å². The van der Waals surface area contributed by atoms with Crippen molar-refractivity contribution in [3.05, 3.63) is 34.4 Å². The molecule has 2 N–H and O–H groups in total. The van der Waals surface area contributed by atoms with E-state index in [1.807, 2.05) is 10.7 Å². The summed E-state index contributed by atoms with van der Waals surface area (Å²) in [7, 11) is 0. The Morgan fingerprint density at radius 1 is 1.16 bits per heavy atom. The molecule has 0 bridgehead atoms. The van der Waals surface area contributed by atoms with Crippen LogP contribution in [0, 0.1) is 6.92 Å². The summed E-state index contributed by atoms with van der Waals surface area (Å²) >= 11 is 0. The first-order chi connectivity index (χ1) is 12.2. The van der Waals surface area contributed by atoms with E-state index < -0.39 is 6.10 Å². The summed E-state index contributed by atoms with van der Waals surface area (Å²) < 4.78 is 1.93. The van der Waals surface area contributed by atoms with Crippen LogP contribution in [0.5, 0.6) is 0 Å². The predicted octanol–water partition coefficient (Wildman–Crippen LogP) is 1.30. The maximum absolute atomic E-state index is 9.84. The monoisotopic (exact) mass is 343 g/mol. The third kappa shape index (κ3) is 3.14. The highest BCUT2D eigenvalue weighted by Gasteiger charge is 2.23. The van der Waals surface area contributed by atoms with Gasteiger partial charge in [-0.15, -0.1) is 0 Å². The van der Waals surface area contributed by atoms with Crippen LogP contribution in [0.15, 0.2) is 6.07 Å². The minimum atomic E-state index is -0.921. The van der Waals surface area contributed by atoms with Gasteiger partial charge in [-0.1, -0.05) is 0 Å². The van der Waals surface area contributed by atoms with Crippen LogP contribution in [-0.2, 0) is 25.9 Å². The van der Waals surface area contributed by atoms with Gasteiger partial charge in [-0.25, -0.2) is 9.97 Å². The van der Waals surface area contributed by atoms with Gasteiger partial charge in [-0.2, -0.15) is 5.10 Å². The van der Waals surface area contributed by atoms with E-state index in [0.717, 1.165) is 49.7 Å². The number of hydrogen-bond acceptors (Lipinski definition) is 6. The quantitative estimate of drug-likeness (QED) is 0.873. The van der Waals surface area contributed by atoms with Crippen molar-refractivity contribution in [2.45, 2.75) is 58.2 Å². The molecule has 0 amide bonds. The summed E-state index contributed by atoms with van der Waals surface area (Å²) in [5.41, 5.74) is 5.21. The minimum Gasteiger partial charge on any atom is -0.393 e. The number of aryl methyl sites for hydroxylation is 3. The van der Waals surface area contributed by atoms with Crippen LogP contribution in [0.1, 0.15) is 53.7 Å². The Hall–Kier alpha value is -1.99.